The Labute approximate surface area is 182 Å². The summed E-state index contributed by atoms with van der Waals surface area (Å²) in [4.78, 5) is 25.6. The zero-order chi connectivity index (χ0) is 22.5. The quantitative estimate of drug-likeness (QED) is 0.493. The first-order valence-corrected chi connectivity index (χ1v) is 9.61. The van der Waals surface area contributed by atoms with Crippen molar-refractivity contribution < 1.29 is 13.9 Å². The molecule has 0 bridgehead atoms. The molecule has 6 nitrogen and oxygen atoms in total. The molecule has 0 aliphatic heterocycles. The first kappa shape index (κ1) is 20.6. The van der Waals surface area contributed by atoms with Crippen LogP contribution in [-0.4, -0.2) is 10.5 Å². The van der Waals surface area contributed by atoms with Crippen LogP contribution in [0.15, 0.2) is 95.9 Å². The highest BCUT2D eigenvalue weighted by molar-refractivity contribution is 6.04. The van der Waals surface area contributed by atoms with E-state index < -0.39 is 17.3 Å². The Hall–Kier alpha value is -4.70. The molecule has 0 aliphatic rings. The van der Waals surface area contributed by atoms with E-state index in [1.165, 1.54) is 24.4 Å². The zero-order valence-electron chi connectivity index (χ0n) is 16.7. The number of hydrogen-bond acceptors (Lipinski definition) is 4. The molecule has 32 heavy (non-hydrogen) atoms. The second-order valence-corrected chi connectivity index (χ2v) is 6.76. The van der Waals surface area contributed by atoms with E-state index in [0.717, 1.165) is 16.7 Å². The van der Waals surface area contributed by atoms with Crippen molar-refractivity contribution in [2.75, 3.05) is 5.32 Å². The van der Waals surface area contributed by atoms with Gasteiger partial charge >= 0.3 is 0 Å². The van der Waals surface area contributed by atoms with Crippen LogP contribution >= 0.6 is 0 Å². The molecule has 156 valence electrons. The maximum absolute atomic E-state index is 13.4. The van der Waals surface area contributed by atoms with Crippen LogP contribution in [0.25, 0.3) is 5.69 Å². The Morgan fingerprint density at radius 2 is 1.66 bits per heavy atom. The summed E-state index contributed by atoms with van der Waals surface area (Å²) in [5.41, 5.74) is -0.0956. The van der Waals surface area contributed by atoms with Gasteiger partial charge in [0.1, 0.15) is 28.9 Å². The molecule has 3 aromatic carbocycles. The summed E-state index contributed by atoms with van der Waals surface area (Å²) < 4.78 is 20.3. The molecule has 0 atom stereocenters. The fraction of sp³-hybridized carbons (Fsp3) is 0. The first-order chi connectivity index (χ1) is 15.5. The van der Waals surface area contributed by atoms with Gasteiger partial charge in [0.15, 0.2) is 0 Å². The number of nitriles is 1. The number of carbonyl (C=O) groups is 1. The molecule has 4 rings (SSSR count). The fourth-order valence-electron chi connectivity index (χ4n) is 3.09. The minimum absolute atomic E-state index is 0.0151. The van der Waals surface area contributed by atoms with E-state index >= 15 is 0 Å². The van der Waals surface area contributed by atoms with Gasteiger partial charge in [0.25, 0.3) is 11.5 Å². The largest absolute Gasteiger partial charge is 0.457 e. The lowest BCUT2D eigenvalue weighted by Gasteiger charge is -2.11. The van der Waals surface area contributed by atoms with E-state index in [9.17, 15) is 19.2 Å². The number of aromatic nitrogens is 1. The highest BCUT2D eigenvalue weighted by atomic mass is 19.1. The Morgan fingerprint density at radius 1 is 0.938 bits per heavy atom. The number of halogens is 1. The topological polar surface area (TPSA) is 84.1 Å². The van der Waals surface area contributed by atoms with Gasteiger partial charge in [-0.25, -0.2) is 4.39 Å². The van der Waals surface area contributed by atoms with Crippen LogP contribution in [0.1, 0.15) is 15.9 Å². The Bertz CT molecular complexity index is 1370. The number of rotatable bonds is 5. The maximum atomic E-state index is 13.4. The highest BCUT2D eigenvalue weighted by Crippen LogP contribution is 2.23. The summed E-state index contributed by atoms with van der Waals surface area (Å²) in [6.07, 6.45) is 1.42. The van der Waals surface area contributed by atoms with Gasteiger partial charge in [0, 0.05) is 11.9 Å². The number of nitrogens with zero attached hydrogens (tertiary/aromatic N) is 2. The molecule has 0 saturated carbocycles. The minimum atomic E-state index is -0.628. The standard InChI is InChI=1S/C25H16FN3O3/c26-18-8-13-23(17(15-18)16-27)29-14-4-7-22(25(29)31)24(30)28-19-9-11-21(12-10-19)32-20-5-2-1-3-6-20/h1-15H,(H,28,30). The third-order valence-electron chi connectivity index (χ3n) is 4.62. The van der Waals surface area contributed by atoms with Crippen molar-refractivity contribution in [2.24, 2.45) is 0 Å². The van der Waals surface area contributed by atoms with Gasteiger partial charge in [-0.1, -0.05) is 18.2 Å². The van der Waals surface area contributed by atoms with Gasteiger partial charge < -0.3 is 10.1 Å². The Kier molecular flexibility index (Phi) is 5.77. The molecule has 1 amide bonds. The lowest BCUT2D eigenvalue weighted by atomic mass is 10.1. The van der Waals surface area contributed by atoms with E-state index in [0.29, 0.717) is 17.2 Å². The molecular weight excluding hydrogens is 409 g/mol. The molecule has 0 radical (unpaired) electrons. The molecule has 4 aromatic rings. The molecule has 0 fully saturated rings. The van der Waals surface area contributed by atoms with Crippen molar-refractivity contribution >= 4 is 11.6 Å². The van der Waals surface area contributed by atoms with E-state index in [1.807, 2.05) is 36.4 Å². The monoisotopic (exact) mass is 425 g/mol. The van der Waals surface area contributed by atoms with Crippen LogP contribution in [0, 0.1) is 17.1 Å². The number of anilines is 1. The average molecular weight is 425 g/mol. The smallest absolute Gasteiger partial charge is 0.267 e. The summed E-state index contributed by atoms with van der Waals surface area (Å²) >= 11 is 0. The lowest BCUT2D eigenvalue weighted by Crippen LogP contribution is -2.28. The molecule has 7 heteroatoms. The Morgan fingerprint density at radius 3 is 2.38 bits per heavy atom. The highest BCUT2D eigenvalue weighted by Gasteiger charge is 2.15. The molecule has 0 aliphatic carbocycles. The number of pyridine rings is 1. The SMILES string of the molecule is N#Cc1cc(F)ccc1-n1cccc(C(=O)Nc2ccc(Oc3ccccc3)cc2)c1=O. The van der Waals surface area contributed by atoms with E-state index in [1.54, 1.807) is 24.3 Å². The lowest BCUT2D eigenvalue weighted by molar-refractivity contribution is 0.102. The summed E-state index contributed by atoms with van der Waals surface area (Å²) in [7, 11) is 0. The van der Waals surface area contributed by atoms with Gasteiger partial charge in [0.05, 0.1) is 11.3 Å². The van der Waals surface area contributed by atoms with Gasteiger partial charge in [-0.2, -0.15) is 5.26 Å². The second-order valence-electron chi connectivity index (χ2n) is 6.76. The Balaban J connectivity index is 1.55. The molecule has 0 unspecified atom stereocenters. The summed E-state index contributed by atoms with van der Waals surface area (Å²) in [6, 6.07) is 24.2. The van der Waals surface area contributed by atoms with Crippen LogP contribution < -0.4 is 15.6 Å². The normalized spacial score (nSPS) is 10.2. The van der Waals surface area contributed by atoms with Crippen molar-refractivity contribution in [1.82, 2.24) is 4.57 Å². The first-order valence-electron chi connectivity index (χ1n) is 9.61. The van der Waals surface area contributed by atoms with Crippen molar-refractivity contribution in [3.8, 4) is 23.3 Å². The number of nitrogens with one attached hydrogen (secondary N) is 1. The zero-order valence-corrected chi connectivity index (χ0v) is 16.7. The number of benzene rings is 3. The predicted octanol–water partition coefficient (Wildman–Crippen LogP) is 4.89. The van der Waals surface area contributed by atoms with Crippen LogP contribution in [0.3, 0.4) is 0 Å². The third kappa shape index (κ3) is 4.40. The fourth-order valence-corrected chi connectivity index (χ4v) is 3.09. The van der Waals surface area contributed by atoms with Gasteiger partial charge in [0.2, 0.25) is 0 Å². The van der Waals surface area contributed by atoms with Gasteiger partial charge in [-0.05, 0) is 66.7 Å². The maximum Gasteiger partial charge on any atom is 0.267 e. The van der Waals surface area contributed by atoms with E-state index in [4.69, 9.17) is 4.74 Å². The minimum Gasteiger partial charge on any atom is -0.457 e. The number of carbonyl (C=O) groups excluding carboxylic acids is 1. The molecule has 1 heterocycles. The molecule has 1 N–H and O–H groups in total. The van der Waals surface area contributed by atoms with E-state index in [2.05, 4.69) is 5.32 Å². The predicted molar refractivity (Wildman–Crippen MR) is 118 cm³/mol. The van der Waals surface area contributed by atoms with Crippen molar-refractivity contribution in [1.29, 1.82) is 5.26 Å². The summed E-state index contributed by atoms with van der Waals surface area (Å²) in [5, 5.41) is 11.9. The van der Waals surface area contributed by atoms with Crippen LogP contribution in [0.2, 0.25) is 0 Å². The van der Waals surface area contributed by atoms with Crippen LogP contribution in [-0.2, 0) is 0 Å². The van der Waals surface area contributed by atoms with Crippen molar-refractivity contribution in [3.05, 3.63) is 118 Å². The van der Waals surface area contributed by atoms with Crippen molar-refractivity contribution in [3.63, 3.8) is 0 Å². The third-order valence-corrected chi connectivity index (χ3v) is 4.62. The van der Waals surface area contributed by atoms with Crippen LogP contribution in [0.4, 0.5) is 10.1 Å². The number of para-hydroxylation sites is 1. The molecule has 0 spiro atoms. The second kappa shape index (κ2) is 8.98. The number of hydrogen-bond donors (Lipinski definition) is 1. The van der Waals surface area contributed by atoms with Gasteiger partial charge in [-0.15, -0.1) is 0 Å². The van der Waals surface area contributed by atoms with Crippen molar-refractivity contribution in [2.45, 2.75) is 0 Å². The number of amides is 1. The molecular formula is C25H16FN3O3. The summed E-state index contributed by atoms with van der Waals surface area (Å²) in [6.45, 7) is 0. The van der Waals surface area contributed by atoms with E-state index in [-0.39, 0.29) is 16.8 Å². The average Bonchev–Trinajstić information content (AvgIpc) is 2.81. The van der Waals surface area contributed by atoms with Crippen LogP contribution in [0.5, 0.6) is 11.5 Å². The van der Waals surface area contributed by atoms with Gasteiger partial charge in [-0.3, -0.25) is 14.2 Å². The number of ether oxygens (including phenoxy) is 1. The summed E-state index contributed by atoms with van der Waals surface area (Å²) in [5.74, 6) is 0.0805. The molecule has 0 saturated heterocycles. The molecule has 1 aromatic heterocycles.